The lowest BCUT2D eigenvalue weighted by molar-refractivity contribution is -0.141. The van der Waals surface area contributed by atoms with Gasteiger partial charge in [0.25, 0.3) is 0 Å². The van der Waals surface area contributed by atoms with Crippen LogP contribution in [0.3, 0.4) is 0 Å². The molecule has 6 heteroatoms. The molecule has 0 heterocycles. The largest absolute Gasteiger partial charge is 0.486 e. The number of nitrogens with one attached hydrogen (secondary N) is 1. The maximum Gasteiger partial charge on any atom is 0.319 e. The predicted octanol–water partition coefficient (Wildman–Crippen LogP) is 5.61. The second-order valence-electron chi connectivity index (χ2n) is 7.67. The van der Waals surface area contributed by atoms with E-state index in [1.54, 1.807) is 13.0 Å². The van der Waals surface area contributed by atoms with Crippen LogP contribution in [-0.2, 0) is 16.0 Å². The summed E-state index contributed by atoms with van der Waals surface area (Å²) < 4.78 is 38.6. The Kier molecular flexibility index (Phi) is 9.39. The molecule has 174 valence electrons. The van der Waals surface area contributed by atoms with Gasteiger partial charge in [-0.15, -0.1) is 0 Å². The Bertz CT molecular complexity index is 1010. The molecule has 0 radical (unpaired) electrons. The lowest BCUT2D eigenvalue weighted by atomic mass is 10.0. The van der Waals surface area contributed by atoms with Crippen LogP contribution >= 0.6 is 0 Å². The molecular formula is C27H29F2NO3. The summed E-state index contributed by atoms with van der Waals surface area (Å²) in [7, 11) is 0. The molecule has 0 amide bonds. The third-order valence-corrected chi connectivity index (χ3v) is 5.19. The maximum absolute atomic E-state index is 14.0. The molecule has 0 saturated heterocycles. The first-order valence-corrected chi connectivity index (χ1v) is 11.2. The third kappa shape index (κ3) is 7.68. The van der Waals surface area contributed by atoms with E-state index in [1.807, 2.05) is 54.6 Å². The molecule has 0 fully saturated rings. The Morgan fingerprint density at radius 2 is 1.73 bits per heavy atom. The molecule has 1 N–H and O–H groups in total. The van der Waals surface area contributed by atoms with Crippen LogP contribution in [0.4, 0.5) is 8.78 Å². The Balaban J connectivity index is 1.59. The van der Waals surface area contributed by atoms with E-state index >= 15 is 0 Å². The Labute approximate surface area is 193 Å². The number of hydrogen-bond acceptors (Lipinski definition) is 4. The van der Waals surface area contributed by atoms with Gasteiger partial charge in [-0.3, -0.25) is 4.79 Å². The summed E-state index contributed by atoms with van der Waals surface area (Å²) in [5.41, 5.74) is 2.25. The van der Waals surface area contributed by atoms with Crippen molar-refractivity contribution in [3.05, 3.63) is 101 Å². The summed E-state index contributed by atoms with van der Waals surface area (Å²) in [6, 6.07) is 21.6. The highest BCUT2D eigenvalue weighted by Gasteiger charge is 2.14. The Morgan fingerprint density at radius 1 is 0.970 bits per heavy atom. The summed E-state index contributed by atoms with van der Waals surface area (Å²) in [5.74, 6) is -1.20. The smallest absolute Gasteiger partial charge is 0.319 e. The van der Waals surface area contributed by atoms with Crippen LogP contribution in [0, 0.1) is 11.6 Å². The number of halogens is 2. The molecule has 3 rings (SSSR count). The van der Waals surface area contributed by atoms with Crippen molar-refractivity contribution < 1.29 is 23.0 Å². The van der Waals surface area contributed by atoms with E-state index in [4.69, 9.17) is 9.47 Å². The minimum atomic E-state index is -0.838. The van der Waals surface area contributed by atoms with Crippen LogP contribution < -0.4 is 10.1 Å². The number of carbonyl (C=O) groups excluding carboxylic acids is 1. The first-order chi connectivity index (χ1) is 16.1. The number of hydrogen-bond donors (Lipinski definition) is 1. The van der Waals surface area contributed by atoms with Gasteiger partial charge in [0.05, 0.1) is 13.2 Å². The Morgan fingerprint density at radius 3 is 2.45 bits per heavy atom. The molecular weight excluding hydrogens is 424 g/mol. The average molecular weight is 454 g/mol. The van der Waals surface area contributed by atoms with Crippen LogP contribution in [0.25, 0.3) is 0 Å². The van der Waals surface area contributed by atoms with Crippen molar-refractivity contribution in [3.8, 4) is 5.75 Å². The van der Waals surface area contributed by atoms with Crippen molar-refractivity contribution in [2.75, 3.05) is 19.7 Å². The molecule has 3 aromatic carbocycles. The van der Waals surface area contributed by atoms with Crippen LogP contribution in [0.5, 0.6) is 5.75 Å². The molecule has 0 spiro atoms. The van der Waals surface area contributed by atoms with Crippen LogP contribution in [0.1, 0.15) is 42.6 Å². The molecule has 0 aromatic heterocycles. The van der Waals surface area contributed by atoms with E-state index in [9.17, 15) is 13.6 Å². The van der Waals surface area contributed by atoms with Gasteiger partial charge in [0.1, 0.15) is 11.9 Å². The van der Waals surface area contributed by atoms with Gasteiger partial charge in [0.15, 0.2) is 11.6 Å². The fraction of sp³-hybridized carbons (Fsp3) is 0.296. The molecule has 4 nitrogen and oxygen atoms in total. The van der Waals surface area contributed by atoms with Crippen molar-refractivity contribution in [2.24, 2.45) is 0 Å². The summed E-state index contributed by atoms with van der Waals surface area (Å²) >= 11 is 0. The zero-order chi connectivity index (χ0) is 23.5. The maximum atomic E-state index is 14.0. The second-order valence-corrected chi connectivity index (χ2v) is 7.67. The molecule has 0 aliphatic carbocycles. The topological polar surface area (TPSA) is 47.6 Å². The first-order valence-electron chi connectivity index (χ1n) is 11.2. The molecule has 1 unspecified atom stereocenters. The van der Waals surface area contributed by atoms with E-state index in [1.165, 1.54) is 6.07 Å². The van der Waals surface area contributed by atoms with Crippen LogP contribution in [0.15, 0.2) is 72.8 Å². The number of carbonyl (C=O) groups is 1. The van der Waals surface area contributed by atoms with Crippen molar-refractivity contribution >= 4 is 5.97 Å². The van der Waals surface area contributed by atoms with Crippen molar-refractivity contribution in [1.29, 1.82) is 0 Å². The van der Waals surface area contributed by atoms with Crippen molar-refractivity contribution in [2.45, 2.75) is 32.3 Å². The lowest BCUT2D eigenvalue weighted by Gasteiger charge is -2.20. The molecule has 33 heavy (non-hydrogen) atoms. The normalized spacial score (nSPS) is 11.7. The highest BCUT2D eigenvalue weighted by atomic mass is 19.2. The standard InChI is InChI=1S/C27H29F2NO3/c1-2-32-26(31)19-30-17-7-12-25(21-8-4-3-5-9-21)33-23-15-13-20(14-16-23)18-22-10-6-11-24(28)27(22)29/h3-6,8-11,13-16,25,30H,2,7,12,17-19H2,1H3. The zero-order valence-electron chi connectivity index (χ0n) is 18.7. The quantitative estimate of drug-likeness (QED) is 0.286. The average Bonchev–Trinajstić information content (AvgIpc) is 2.83. The fourth-order valence-electron chi connectivity index (χ4n) is 3.53. The highest BCUT2D eigenvalue weighted by molar-refractivity contribution is 5.71. The molecule has 0 aliphatic rings. The van der Waals surface area contributed by atoms with Gasteiger partial charge in [-0.05, 0) is 61.2 Å². The second kappa shape index (κ2) is 12.7. The summed E-state index contributed by atoms with van der Waals surface area (Å²) in [5, 5.41) is 3.09. The minimum Gasteiger partial charge on any atom is -0.486 e. The Hall–Kier alpha value is -3.25. The van der Waals surface area contributed by atoms with Crippen LogP contribution in [-0.4, -0.2) is 25.7 Å². The van der Waals surface area contributed by atoms with Gasteiger partial charge < -0.3 is 14.8 Å². The SMILES string of the molecule is CCOC(=O)CNCCCC(Oc1ccc(Cc2cccc(F)c2F)cc1)c1ccccc1. The third-order valence-electron chi connectivity index (χ3n) is 5.19. The van der Waals surface area contributed by atoms with Gasteiger partial charge >= 0.3 is 5.97 Å². The van der Waals surface area contributed by atoms with Crippen molar-refractivity contribution in [3.63, 3.8) is 0 Å². The molecule has 3 aromatic rings. The first kappa shape index (κ1) is 24.4. The van der Waals surface area contributed by atoms with Gasteiger partial charge in [0, 0.05) is 6.42 Å². The van der Waals surface area contributed by atoms with Gasteiger partial charge in [-0.1, -0.05) is 54.6 Å². The number of rotatable bonds is 12. The lowest BCUT2D eigenvalue weighted by Crippen LogP contribution is -2.26. The highest BCUT2D eigenvalue weighted by Crippen LogP contribution is 2.27. The summed E-state index contributed by atoms with van der Waals surface area (Å²) in [4.78, 5) is 11.4. The van der Waals surface area contributed by atoms with Gasteiger partial charge in [0.2, 0.25) is 0 Å². The summed E-state index contributed by atoms with van der Waals surface area (Å²) in [6.07, 6.45) is 1.73. The minimum absolute atomic E-state index is 0.151. The van der Waals surface area contributed by atoms with E-state index < -0.39 is 11.6 Å². The van der Waals surface area contributed by atoms with E-state index in [0.717, 1.165) is 30.0 Å². The molecule has 0 saturated carbocycles. The number of benzene rings is 3. The van der Waals surface area contributed by atoms with Gasteiger partial charge in [-0.2, -0.15) is 0 Å². The van der Waals surface area contributed by atoms with E-state index in [2.05, 4.69) is 5.32 Å². The molecule has 1 atom stereocenters. The van der Waals surface area contributed by atoms with Crippen molar-refractivity contribution in [1.82, 2.24) is 5.32 Å². The van der Waals surface area contributed by atoms with E-state index in [0.29, 0.717) is 30.9 Å². The van der Waals surface area contributed by atoms with Crippen LogP contribution in [0.2, 0.25) is 0 Å². The number of ether oxygens (including phenoxy) is 2. The molecule has 0 bridgehead atoms. The monoisotopic (exact) mass is 453 g/mol. The zero-order valence-corrected chi connectivity index (χ0v) is 18.7. The number of esters is 1. The van der Waals surface area contributed by atoms with E-state index in [-0.39, 0.29) is 18.6 Å². The van der Waals surface area contributed by atoms with Gasteiger partial charge in [-0.25, -0.2) is 8.78 Å². The predicted molar refractivity (Wildman–Crippen MR) is 124 cm³/mol. The summed E-state index contributed by atoms with van der Waals surface area (Å²) in [6.45, 7) is 3.02. The fourth-order valence-corrected chi connectivity index (χ4v) is 3.53. The molecule has 0 aliphatic heterocycles.